The summed E-state index contributed by atoms with van der Waals surface area (Å²) in [5.41, 5.74) is 0.726. The first-order valence-electron chi connectivity index (χ1n) is 6.41. The molecule has 0 unspecified atom stereocenters. The van der Waals surface area contributed by atoms with Gasteiger partial charge in [-0.15, -0.1) is 0 Å². The molecule has 110 valence electrons. The molecule has 2 aromatic rings. The van der Waals surface area contributed by atoms with Crippen molar-refractivity contribution in [2.45, 2.75) is 6.92 Å². The van der Waals surface area contributed by atoms with Crippen molar-refractivity contribution < 1.29 is 23.8 Å². The molecule has 4 nitrogen and oxygen atoms in total. The number of hydrogen-bond acceptors (Lipinski definition) is 3. The van der Waals surface area contributed by atoms with Crippen molar-refractivity contribution in [3.63, 3.8) is 0 Å². The molecule has 0 aliphatic heterocycles. The lowest BCUT2D eigenvalue weighted by Crippen LogP contribution is -2.03. The molecule has 21 heavy (non-hydrogen) atoms. The Kier molecular flexibility index (Phi) is 4.42. The third-order valence-corrected chi connectivity index (χ3v) is 3.00. The van der Waals surface area contributed by atoms with E-state index in [1.165, 1.54) is 25.3 Å². The maximum Gasteiger partial charge on any atom is 0.339 e. The Morgan fingerprint density at radius 2 is 2.00 bits per heavy atom. The van der Waals surface area contributed by atoms with E-state index >= 15 is 0 Å². The molecule has 0 aliphatic rings. The van der Waals surface area contributed by atoms with E-state index in [-0.39, 0.29) is 22.6 Å². The lowest BCUT2D eigenvalue weighted by atomic mass is 10.0. The smallest absolute Gasteiger partial charge is 0.339 e. The minimum atomic E-state index is -1.12. The molecule has 0 bridgehead atoms. The zero-order valence-electron chi connectivity index (χ0n) is 11.7. The Bertz CT molecular complexity index is 667. The zero-order chi connectivity index (χ0) is 15.4. The number of hydrogen-bond donors (Lipinski definition) is 1. The highest BCUT2D eigenvalue weighted by Crippen LogP contribution is 2.32. The number of ether oxygens (including phenoxy) is 2. The monoisotopic (exact) mass is 290 g/mol. The second-order valence-corrected chi connectivity index (χ2v) is 4.27. The van der Waals surface area contributed by atoms with Crippen LogP contribution in [0.3, 0.4) is 0 Å². The molecule has 1 N–H and O–H groups in total. The third-order valence-electron chi connectivity index (χ3n) is 3.00. The van der Waals surface area contributed by atoms with Crippen LogP contribution in [0.2, 0.25) is 0 Å². The quantitative estimate of drug-likeness (QED) is 0.914. The maximum absolute atomic E-state index is 14.2. The van der Waals surface area contributed by atoms with Gasteiger partial charge in [-0.05, 0) is 30.7 Å². The Morgan fingerprint density at radius 1 is 1.24 bits per heavy atom. The summed E-state index contributed by atoms with van der Waals surface area (Å²) in [5, 5.41) is 9.24. The van der Waals surface area contributed by atoms with E-state index in [0.717, 1.165) is 0 Å². The van der Waals surface area contributed by atoms with Gasteiger partial charge in [0, 0.05) is 5.56 Å². The number of methoxy groups -OCH3 is 1. The lowest BCUT2D eigenvalue weighted by molar-refractivity contribution is 0.0692. The molecular weight excluding hydrogens is 275 g/mol. The van der Waals surface area contributed by atoms with Gasteiger partial charge in [0.1, 0.15) is 11.3 Å². The van der Waals surface area contributed by atoms with Gasteiger partial charge in [-0.1, -0.05) is 18.2 Å². The largest absolute Gasteiger partial charge is 0.494 e. The Hall–Kier alpha value is -2.56. The van der Waals surface area contributed by atoms with Crippen LogP contribution < -0.4 is 9.47 Å². The first-order valence-corrected chi connectivity index (χ1v) is 6.41. The van der Waals surface area contributed by atoms with E-state index in [9.17, 15) is 14.3 Å². The van der Waals surface area contributed by atoms with Crippen LogP contribution in [0.25, 0.3) is 11.1 Å². The molecule has 0 amide bonds. The average Bonchev–Trinajstić information content (AvgIpc) is 2.48. The summed E-state index contributed by atoms with van der Waals surface area (Å²) in [6.45, 7) is 2.12. The normalized spacial score (nSPS) is 10.2. The molecule has 0 saturated carbocycles. The zero-order valence-corrected chi connectivity index (χ0v) is 11.7. The number of benzene rings is 2. The summed E-state index contributed by atoms with van der Waals surface area (Å²) in [5.74, 6) is -1.28. The van der Waals surface area contributed by atoms with Crippen molar-refractivity contribution in [1.82, 2.24) is 0 Å². The highest BCUT2D eigenvalue weighted by molar-refractivity contribution is 5.92. The molecule has 5 heteroatoms. The van der Waals surface area contributed by atoms with Crippen molar-refractivity contribution >= 4 is 5.97 Å². The first-order chi connectivity index (χ1) is 10.1. The van der Waals surface area contributed by atoms with Crippen LogP contribution in [0.15, 0.2) is 36.4 Å². The fraction of sp³-hybridized carbons (Fsp3) is 0.188. The third kappa shape index (κ3) is 2.97. The Labute approximate surface area is 121 Å². The molecule has 2 rings (SSSR count). The standard InChI is InChI=1S/C16H15FO4/c1-3-21-13-8-7-10(9-12(13)16(18)19)11-5-4-6-14(20-2)15(11)17/h4-9H,3H2,1-2H3,(H,18,19). The lowest BCUT2D eigenvalue weighted by Gasteiger charge is -2.11. The van der Waals surface area contributed by atoms with E-state index in [2.05, 4.69) is 0 Å². The number of halogens is 1. The van der Waals surface area contributed by atoms with Crippen LogP contribution in [0.4, 0.5) is 4.39 Å². The molecule has 0 saturated heterocycles. The van der Waals surface area contributed by atoms with Crippen LogP contribution in [-0.4, -0.2) is 24.8 Å². The van der Waals surface area contributed by atoms with Crippen molar-refractivity contribution in [3.8, 4) is 22.6 Å². The molecule has 0 heterocycles. The number of rotatable bonds is 5. The summed E-state index contributed by atoms with van der Waals surface area (Å²) in [4.78, 5) is 11.3. The van der Waals surface area contributed by atoms with Gasteiger partial charge >= 0.3 is 5.97 Å². The molecule has 2 aromatic carbocycles. The maximum atomic E-state index is 14.2. The molecule has 0 atom stereocenters. The van der Waals surface area contributed by atoms with E-state index in [0.29, 0.717) is 12.2 Å². The fourth-order valence-electron chi connectivity index (χ4n) is 2.04. The Balaban J connectivity index is 2.55. The van der Waals surface area contributed by atoms with Crippen molar-refractivity contribution in [2.75, 3.05) is 13.7 Å². The average molecular weight is 290 g/mol. The summed E-state index contributed by atoms with van der Waals surface area (Å²) in [6.07, 6.45) is 0. The van der Waals surface area contributed by atoms with Gasteiger partial charge in [0.05, 0.1) is 13.7 Å². The van der Waals surface area contributed by atoms with Gasteiger partial charge < -0.3 is 14.6 Å². The van der Waals surface area contributed by atoms with Crippen molar-refractivity contribution in [2.24, 2.45) is 0 Å². The predicted molar refractivity (Wildman–Crippen MR) is 76.5 cm³/mol. The number of carbonyl (C=O) groups is 1. The van der Waals surface area contributed by atoms with Crippen LogP contribution in [0.5, 0.6) is 11.5 Å². The molecule has 0 aromatic heterocycles. The molecule has 0 spiro atoms. The minimum absolute atomic E-state index is 0.00318. The van der Waals surface area contributed by atoms with Crippen LogP contribution in [-0.2, 0) is 0 Å². The van der Waals surface area contributed by atoms with Crippen LogP contribution in [0, 0.1) is 5.82 Å². The van der Waals surface area contributed by atoms with E-state index < -0.39 is 11.8 Å². The molecular formula is C16H15FO4. The minimum Gasteiger partial charge on any atom is -0.494 e. The van der Waals surface area contributed by atoms with Crippen LogP contribution >= 0.6 is 0 Å². The number of carboxylic acids is 1. The van der Waals surface area contributed by atoms with Crippen LogP contribution in [0.1, 0.15) is 17.3 Å². The molecule has 0 radical (unpaired) electrons. The van der Waals surface area contributed by atoms with Gasteiger partial charge in [0.2, 0.25) is 0 Å². The summed E-state index contributed by atoms with van der Waals surface area (Å²) >= 11 is 0. The highest BCUT2D eigenvalue weighted by atomic mass is 19.1. The number of carboxylic acid groups (broad SMARTS) is 1. The predicted octanol–water partition coefficient (Wildman–Crippen LogP) is 3.60. The van der Waals surface area contributed by atoms with E-state index in [4.69, 9.17) is 9.47 Å². The highest BCUT2D eigenvalue weighted by Gasteiger charge is 2.16. The van der Waals surface area contributed by atoms with Gasteiger partial charge in [0.15, 0.2) is 11.6 Å². The SMILES string of the molecule is CCOc1ccc(-c2cccc(OC)c2F)cc1C(=O)O. The summed E-state index contributed by atoms with van der Waals surface area (Å²) in [7, 11) is 1.38. The summed E-state index contributed by atoms with van der Waals surface area (Å²) in [6, 6.07) is 9.26. The van der Waals surface area contributed by atoms with E-state index in [1.54, 1.807) is 25.1 Å². The van der Waals surface area contributed by atoms with Crippen molar-refractivity contribution in [1.29, 1.82) is 0 Å². The number of aromatic carboxylic acids is 1. The van der Waals surface area contributed by atoms with Gasteiger partial charge in [-0.25, -0.2) is 9.18 Å². The van der Waals surface area contributed by atoms with Crippen molar-refractivity contribution in [3.05, 3.63) is 47.8 Å². The van der Waals surface area contributed by atoms with Gasteiger partial charge in [-0.3, -0.25) is 0 Å². The van der Waals surface area contributed by atoms with E-state index in [1.807, 2.05) is 0 Å². The second kappa shape index (κ2) is 6.26. The fourth-order valence-corrected chi connectivity index (χ4v) is 2.04. The Morgan fingerprint density at radius 3 is 2.62 bits per heavy atom. The molecule has 0 fully saturated rings. The topological polar surface area (TPSA) is 55.8 Å². The van der Waals surface area contributed by atoms with Gasteiger partial charge in [0.25, 0.3) is 0 Å². The summed E-state index contributed by atoms with van der Waals surface area (Å²) < 4.78 is 24.4. The molecule has 0 aliphatic carbocycles. The second-order valence-electron chi connectivity index (χ2n) is 4.27. The van der Waals surface area contributed by atoms with Gasteiger partial charge in [-0.2, -0.15) is 0 Å². The first kappa shape index (κ1) is 14.8.